The fourth-order valence-electron chi connectivity index (χ4n) is 3.88. The van der Waals surface area contributed by atoms with Crippen LogP contribution in [0.25, 0.3) is 23.0 Å². The van der Waals surface area contributed by atoms with Crippen LogP contribution in [-0.2, 0) is 9.59 Å². The van der Waals surface area contributed by atoms with E-state index >= 15 is 0 Å². The molecule has 1 fully saturated rings. The second-order valence-electron chi connectivity index (χ2n) is 7.94. The summed E-state index contributed by atoms with van der Waals surface area (Å²) in [5.41, 5.74) is 5.73. The number of hydrogen-bond donors (Lipinski definition) is 1. The number of pyridine rings is 1. The van der Waals surface area contributed by atoms with E-state index in [1.807, 2.05) is 60.8 Å². The number of fused-ring (bicyclic) bond motifs is 1. The molecule has 1 aromatic carbocycles. The number of benzene rings is 1. The number of amides is 1. The Hall–Kier alpha value is -3.41. The summed E-state index contributed by atoms with van der Waals surface area (Å²) in [6.07, 6.45) is 6.61. The number of carboxylic acid groups (broad SMARTS) is 1. The Labute approximate surface area is 175 Å². The first-order chi connectivity index (χ1) is 14.4. The first-order valence-corrected chi connectivity index (χ1v) is 10.2. The van der Waals surface area contributed by atoms with Crippen molar-refractivity contribution in [3.8, 4) is 11.3 Å². The third-order valence-corrected chi connectivity index (χ3v) is 5.61. The summed E-state index contributed by atoms with van der Waals surface area (Å²) in [5, 5.41) is 9.27. The minimum absolute atomic E-state index is 0.169. The van der Waals surface area contributed by atoms with Gasteiger partial charge < -0.3 is 10.0 Å². The topological polar surface area (TPSA) is 74.9 Å². The molecule has 0 bridgehead atoms. The number of carboxylic acids is 1. The van der Waals surface area contributed by atoms with Gasteiger partial charge in [0, 0.05) is 30.9 Å². The zero-order valence-electron chi connectivity index (χ0n) is 17.2. The molecule has 1 amide bonds. The number of nitrogens with zero attached hydrogens (tertiary/aromatic N) is 3. The Morgan fingerprint density at radius 2 is 1.90 bits per heavy atom. The van der Waals surface area contributed by atoms with Gasteiger partial charge in [0.1, 0.15) is 5.65 Å². The summed E-state index contributed by atoms with van der Waals surface area (Å²) in [7, 11) is 0. The largest absolute Gasteiger partial charge is 0.481 e. The molecule has 6 heteroatoms. The normalized spacial score (nSPS) is 17.0. The lowest BCUT2D eigenvalue weighted by Crippen LogP contribution is -2.41. The van der Waals surface area contributed by atoms with Crippen molar-refractivity contribution in [2.75, 3.05) is 13.1 Å². The number of aromatic nitrogens is 2. The number of carbonyl (C=O) groups is 2. The lowest BCUT2D eigenvalue weighted by atomic mass is 9.98. The zero-order chi connectivity index (χ0) is 21.3. The highest BCUT2D eigenvalue weighted by Gasteiger charge is 2.27. The van der Waals surface area contributed by atoms with E-state index < -0.39 is 11.9 Å². The first kappa shape index (κ1) is 19.9. The predicted molar refractivity (Wildman–Crippen MR) is 116 cm³/mol. The number of carbonyl (C=O) groups excluding carboxylic acids is 1. The molecule has 154 valence electrons. The summed E-state index contributed by atoms with van der Waals surface area (Å²) in [6.45, 7) is 4.91. The standard InChI is InChI=1S/C24H25N3O3/c1-16-5-7-18(8-6-16)23-20(27-13-11-17(2)14-21(27)25-23)9-10-22(28)26-12-3-4-19(15-26)24(29)30/h5-11,13-14,19H,3-4,12,15H2,1-2H3,(H,29,30)/b10-9+. The van der Waals surface area contributed by atoms with Crippen LogP contribution in [0.2, 0.25) is 0 Å². The van der Waals surface area contributed by atoms with Gasteiger partial charge in [-0.05, 0) is 50.5 Å². The molecular formula is C24H25N3O3. The van der Waals surface area contributed by atoms with Gasteiger partial charge >= 0.3 is 5.97 Å². The third kappa shape index (κ3) is 3.99. The highest BCUT2D eigenvalue weighted by Crippen LogP contribution is 2.27. The molecule has 1 saturated heterocycles. The van der Waals surface area contributed by atoms with Crippen LogP contribution in [0.1, 0.15) is 29.7 Å². The quantitative estimate of drug-likeness (QED) is 0.669. The maximum atomic E-state index is 12.8. The number of piperidine rings is 1. The van der Waals surface area contributed by atoms with E-state index in [9.17, 15) is 14.7 Å². The maximum absolute atomic E-state index is 12.8. The van der Waals surface area contributed by atoms with E-state index in [4.69, 9.17) is 4.98 Å². The highest BCUT2D eigenvalue weighted by atomic mass is 16.4. The van der Waals surface area contributed by atoms with E-state index in [1.165, 1.54) is 11.6 Å². The Bertz CT molecular complexity index is 1130. The van der Waals surface area contributed by atoms with E-state index in [2.05, 4.69) is 0 Å². The lowest BCUT2D eigenvalue weighted by molar-refractivity contribution is -0.144. The number of likely N-dealkylation sites (tertiary alicyclic amines) is 1. The maximum Gasteiger partial charge on any atom is 0.308 e. The summed E-state index contributed by atoms with van der Waals surface area (Å²) in [5.74, 6) is -1.49. The Morgan fingerprint density at radius 1 is 1.13 bits per heavy atom. The minimum atomic E-state index is -0.838. The number of aryl methyl sites for hydroxylation is 2. The fraction of sp³-hybridized carbons (Fsp3) is 0.292. The van der Waals surface area contributed by atoms with Gasteiger partial charge in [0.15, 0.2) is 0 Å². The van der Waals surface area contributed by atoms with Crippen LogP contribution in [0, 0.1) is 19.8 Å². The molecule has 1 unspecified atom stereocenters. The van der Waals surface area contributed by atoms with Crippen molar-refractivity contribution in [2.24, 2.45) is 5.92 Å². The van der Waals surface area contributed by atoms with Crippen LogP contribution >= 0.6 is 0 Å². The number of imidazole rings is 1. The molecule has 4 rings (SSSR count). The SMILES string of the molecule is Cc1ccc(-c2nc3cc(C)ccn3c2/C=C/C(=O)N2CCCC(C(=O)O)C2)cc1. The van der Waals surface area contributed by atoms with Gasteiger partial charge in [0.2, 0.25) is 5.91 Å². The second-order valence-corrected chi connectivity index (χ2v) is 7.94. The Morgan fingerprint density at radius 3 is 2.63 bits per heavy atom. The smallest absolute Gasteiger partial charge is 0.308 e. The molecule has 3 heterocycles. The molecule has 1 aliphatic rings. The number of hydrogen-bond acceptors (Lipinski definition) is 3. The lowest BCUT2D eigenvalue weighted by Gasteiger charge is -2.29. The van der Waals surface area contributed by atoms with Gasteiger partial charge in [-0.25, -0.2) is 4.98 Å². The summed E-state index contributed by atoms with van der Waals surface area (Å²) < 4.78 is 1.97. The van der Waals surface area contributed by atoms with Crippen LogP contribution < -0.4 is 0 Å². The second kappa shape index (κ2) is 8.14. The average molecular weight is 403 g/mol. The van der Waals surface area contributed by atoms with Crippen molar-refractivity contribution in [3.63, 3.8) is 0 Å². The third-order valence-electron chi connectivity index (χ3n) is 5.61. The van der Waals surface area contributed by atoms with Crippen molar-refractivity contribution in [1.29, 1.82) is 0 Å². The van der Waals surface area contributed by atoms with E-state index in [1.54, 1.807) is 11.0 Å². The molecule has 0 saturated carbocycles. The van der Waals surface area contributed by atoms with Crippen molar-refractivity contribution in [1.82, 2.24) is 14.3 Å². The van der Waals surface area contributed by atoms with Gasteiger partial charge in [-0.2, -0.15) is 0 Å². The zero-order valence-corrected chi connectivity index (χ0v) is 17.2. The summed E-state index contributed by atoms with van der Waals surface area (Å²) in [6, 6.07) is 12.2. The Balaban J connectivity index is 1.69. The van der Waals surface area contributed by atoms with Crippen molar-refractivity contribution in [2.45, 2.75) is 26.7 Å². The molecule has 30 heavy (non-hydrogen) atoms. The van der Waals surface area contributed by atoms with Crippen molar-refractivity contribution in [3.05, 3.63) is 65.5 Å². The predicted octanol–water partition coefficient (Wildman–Crippen LogP) is 3.95. The molecular weight excluding hydrogens is 378 g/mol. The van der Waals surface area contributed by atoms with Gasteiger partial charge in [0.05, 0.1) is 17.3 Å². The fourth-order valence-corrected chi connectivity index (χ4v) is 3.88. The van der Waals surface area contributed by atoms with Crippen LogP contribution in [0.15, 0.2) is 48.7 Å². The first-order valence-electron chi connectivity index (χ1n) is 10.2. The van der Waals surface area contributed by atoms with E-state index in [0.29, 0.717) is 19.4 Å². The van der Waals surface area contributed by atoms with Crippen molar-refractivity contribution >= 4 is 23.6 Å². The van der Waals surface area contributed by atoms with Crippen LogP contribution in [-0.4, -0.2) is 44.4 Å². The molecule has 0 aliphatic carbocycles. The van der Waals surface area contributed by atoms with Crippen LogP contribution in [0.3, 0.4) is 0 Å². The average Bonchev–Trinajstić information content (AvgIpc) is 3.10. The molecule has 0 spiro atoms. The number of rotatable bonds is 4. The molecule has 0 radical (unpaired) electrons. The van der Waals surface area contributed by atoms with Gasteiger partial charge in [-0.3, -0.25) is 14.0 Å². The number of aliphatic carboxylic acids is 1. The molecule has 1 aliphatic heterocycles. The van der Waals surface area contributed by atoms with Gasteiger partial charge in [0.25, 0.3) is 0 Å². The van der Waals surface area contributed by atoms with Crippen LogP contribution in [0.4, 0.5) is 0 Å². The van der Waals surface area contributed by atoms with E-state index in [0.717, 1.165) is 28.2 Å². The minimum Gasteiger partial charge on any atom is -0.481 e. The molecule has 2 aromatic heterocycles. The summed E-state index contributed by atoms with van der Waals surface area (Å²) >= 11 is 0. The summed E-state index contributed by atoms with van der Waals surface area (Å²) in [4.78, 5) is 30.5. The molecule has 1 atom stereocenters. The Kier molecular flexibility index (Phi) is 5.40. The van der Waals surface area contributed by atoms with Gasteiger partial charge in [-0.1, -0.05) is 29.8 Å². The molecule has 6 nitrogen and oxygen atoms in total. The van der Waals surface area contributed by atoms with Gasteiger partial charge in [-0.15, -0.1) is 0 Å². The monoisotopic (exact) mass is 403 g/mol. The molecule has 3 aromatic rings. The molecule has 1 N–H and O–H groups in total. The highest BCUT2D eigenvalue weighted by molar-refractivity contribution is 5.93. The van der Waals surface area contributed by atoms with Crippen molar-refractivity contribution < 1.29 is 14.7 Å². The van der Waals surface area contributed by atoms with Crippen LogP contribution in [0.5, 0.6) is 0 Å². The van der Waals surface area contributed by atoms with E-state index in [-0.39, 0.29) is 12.5 Å².